The van der Waals surface area contributed by atoms with Crippen LogP contribution in [0.2, 0.25) is 0 Å². The fraction of sp³-hybridized carbons (Fsp3) is 0.364. The molecule has 0 bridgehead atoms. The summed E-state index contributed by atoms with van der Waals surface area (Å²) in [6, 6.07) is 3.97. The number of hydrogen-bond acceptors (Lipinski definition) is 6. The summed E-state index contributed by atoms with van der Waals surface area (Å²) < 4.78 is 27.5. The highest BCUT2D eigenvalue weighted by Gasteiger charge is 2.40. The van der Waals surface area contributed by atoms with E-state index in [1.807, 2.05) is 0 Å². The molecular formula is C11H11ClN2O6S. The summed E-state index contributed by atoms with van der Waals surface area (Å²) in [4.78, 5) is 23.4. The highest BCUT2D eigenvalue weighted by molar-refractivity contribution is 8.14. The lowest BCUT2D eigenvalue weighted by molar-refractivity contribution is -0.384. The van der Waals surface area contributed by atoms with Crippen LogP contribution in [0.1, 0.15) is 6.42 Å². The van der Waals surface area contributed by atoms with Crippen LogP contribution in [0.15, 0.2) is 18.2 Å². The predicted molar refractivity (Wildman–Crippen MR) is 75.2 cm³/mol. The van der Waals surface area contributed by atoms with Crippen molar-refractivity contribution in [3.05, 3.63) is 28.3 Å². The van der Waals surface area contributed by atoms with E-state index in [1.54, 1.807) is 0 Å². The molecule has 1 fully saturated rings. The molecule has 1 unspecified atom stereocenters. The number of nitro benzene ring substituents is 1. The van der Waals surface area contributed by atoms with Crippen LogP contribution in [-0.2, 0) is 13.8 Å². The normalized spacial score (nSPS) is 18.9. The molecule has 1 heterocycles. The van der Waals surface area contributed by atoms with Crippen LogP contribution in [0.4, 0.5) is 11.4 Å². The highest BCUT2D eigenvalue weighted by Crippen LogP contribution is 2.35. The van der Waals surface area contributed by atoms with Gasteiger partial charge in [-0.25, -0.2) is 8.42 Å². The molecule has 1 amide bonds. The summed E-state index contributed by atoms with van der Waals surface area (Å²) in [6.07, 6.45) is -0.297. The lowest BCUT2D eigenvalue weighted by atomic mass is 10.2. The molecule has 0 radical (unpaired) electrons. The molecule has 0 aromatic heterocycles. The summed E-state index contributed by atoms with van der Waals surface area (Å²) in [6.45, 7) is -0.210. The number of ether oxygens (including phenoxy) is 1. The number of hydrogen-bond donors (Lipinski definition) is 0. The Balaban J connectivity index is 2.43. The first-order valence-electron chi connectivity index (χ1n) is 5.80. The van der Waals surface area contributed by atoms with Crippen molar-refractivity contribution in [2.45, 2.75) is 11.7 Å². The predicted octanol–water partition coefficient (Wildman–Crippen LogP) is 1.28. The minimum absolute atomic E-state index is 0.0219. The maximum Gasteiger partial charge on any atom is 0.296 e. The van der Waals surface area contributed by atoms with Crippen LogP contribution in [0.5, 0.6) is 5.75 Å². The molecule has 21 heavy (non-hydrogen) atoms. The van der Waals surface area contributed by atoms with Gasteiger partial charge < -0.3 is 9.64 Å². The van der Waals surface area contributed by atoms with Gasteiger partial charge >= 0.3 is 0 Å². The third-order valence-electron chi connectivity index (χ3n) is 3.16. The highest BCUT2D eigenvalue weighted by atomic mass is 35.7. The molecule has 1 aliphatic rings. The summed E-state index contributed by atoms with van der Waals surface area (Å²) in [5.41, 5.74) is -0.316. The van der Waals surface area contributed by atoms with Gasteiger partial charge in [0.2, 0.25) is 15.0 Å². The summed E-state index contributed by atoms with van der Waals surface area (Å²) in [5, 5.41) is 10.0. The van der Waals surface area contributed by atoms with E-state index in [-0.39, 0.29) is 30.1 Å². The first kappa shape index (κ1) is 15.5. The van der Waals surface area contributed by atoms with Gasteiger partial charge in [-0.2, -0.15) is 0 Å². The zero-order valence-electron chi connectivity index (χ0n) is 10.9. The number of nitrogens with zero attached hydrogens (tertiary/aromatic N) is 2. The molecule has 10 heteroatoms. The molecular weight excluding hydrogens is 324 g/mol. The van der Waals surface area contributed by atoms with Gasteiger partial charge in [0.15, 0.2) is 0 Å². The molecule has 114 valence electrons. The maximum absolute atomic E-state index is 11.9. The van der Waals surface area contributed by atoms with Crippen molar-refractivity contribution in [1.29, 1.82) is 0 Å². The quantitative estimate of drug-likeness (QED) is 0.466. The minimum atomic E-state index is -3.91. The largest absolute Gasteiger partial charge is 0.496 e. The Morgan fingerprint density at radius 2 is 2.14 bits per heavy atom. The molecule has 0 saturated carbocycles. The molecule has 2 rings (SSSR count). The number of carbonyl (C=O) groups excluding carboxylic acids is 1. The standard InChI is InChI=1S/C11H11ClN2O6S/c1-20-7-2-3-9(10(4-7)14(16)17)13-6-8(5-11(13)15)21(12,18)19/h2-4,8H,5-6H2,1H3. The summed E-state index contributed by atoms with van der Waals surface area (Å²) in [5.74, 6) is -0.267. The molecule has 1 aromatic rings. The second-order valence-electron chi connectivity index (χ2n) is 4.42. The van der Waals surface area contributed by atoms with Crippen molar-refractivity contribution >= 4 is 37.0 Å². The molecule has 1 aliphatic heterocycles. The van der Waals surface area contributed by atoms with Crippen LogP contribution in [-0.4, -0.2) is 38.2 Å². The Hall–Kier alpha value is -1.87. The Bertz CT molecular complexity index is 705. The van der Waals surface area contributed by atoms with E-state index in [1.165, 1.54) is 25.3 Å². The van der Waals surface area contributed by atoms with Crippen molar-refractivity contribution in [2.24, 2.45) is 0 Å². The Labute approximate surface area is 124 Å². The van der Waals surface area contributed by atoms with Crippen molar-refractivity contribution in [3.8, 4) is 5.75 Å². The lowest BCUT2D eigenvalue weighted by Gasteiger charge is -2.16. The third-order valence-corrected chi connectivity index (χ3v) is 5.03. The molecule has 1 atom stereocenters. The van der Waals surface area contributed by atoms with E-state index in [4.69, 9.17) is 15.4 Å². The average Bonchev–Trinajstić information content (AvgIpc) is 2.80. The van der Waals surface area contributed by atoms with Gasteiger partial charge in [-0.1, -0.05) is 0 Å². The number of rotatable bonds is 4. The Morgan fingerprint density at radius 3 is 2.62 bits per heavy atom. The number of anilines is 1. The average molecular weight is 335 g/mol. The molecule has 0 spiro atoms. The first-order valence-corrected chi connectivity index (χ1v) is 8.17. The fourth-order valence-electron chi connectivity index (χ4n) is 2.10. The van der Waals surface area contributed by atoms with E-state index in [0.29, 0.717) is 0 Å². The van der Waals surface area contributed by atoms with Crippen molar-refractivity contribution in [1.82, 2.24) is 0 Å². The van der Waals surface area contributed by atoms with Gasteiger partial charge in [-0.15, -0.1) is 0 Å². The number of methoxy groups -OCH3 is 1. The first-order chi connectivity index (χ1) is 9.74. The Morgan fingerprint density at radius 1 is 1.48 bits per heavy atom. The number of carbonyl (C=O) groups is 1. The minimum Gasteiger partial charge on any atom is -0.496 e. The second kappa shape index (κ2) is 5.49. The van der Waals surface area contributed by atoms with E-state index in [0.717, 1.165) is 4.90 Å². The van der Waals surface area contributed by atoms with E-state index in [2.05, 4.69) is 0 Å². The van der Waals surface area contributed by atoms with Crippen molar-refractivity contribution < 1.29 is 22.9 Å². The number of amides is 1. The molecule has 1 saturated heterocycles. The molecule has 8 nitrogen and oxygen atoms in total. The van der Waals surface area contributed by atoms with Gasteiger partial charge in [0.1, 0.15) is 16.7 Å². The van der Waals surface area contributed by atoms with Crippen LogP contribution in [0.3, 0.4) is 0 Å². The SMILES string of the molecule is COc1ccc(N2CC(S(=O)(=O)Cl)CC2=O)c([N+](=O)[O-])c1. The van der Waals surface area contributed by atoms with E-state index < -0.39 is 25.1 Å². The van der Waals surface area contributed by atoms with E-state index >= 15 is 0 Å². The van der Waals surface area contributed by atoms with Crippen LogP contribution in [0.25, 0.3) is 0 Å². The van der Waals surface area contributed by atoms with Crippen molar-refractivity contribution in [3.63, 3.8) is 0 Å². The Kier molecular flexibility index (Phi) is 4.06. The number of halogens is 1. The summed E-state index contributed by atoms with van der Waals surface area (Å²) >= 11 is 0. The monoisotopic (exact) mass is 334 g/mol. The van der Waals surface area contributed by atoms with Gasteiger partial charge in [0.05, 0.1) is 18.1 Å². The smallest absolute Gasteiger partial charge is 0.296 e. The van der Waals surface area contributed by atoms with Crippen LogP contribution >= 0.6 is 10.7 Å². The molecule has 0 aliphatic carbocycles. The lowest BCUT2D eigenvalue weighted by Crippen LogP contribution is -2.27. The van der Waals surface area contributed by atoms with Crippen molar-refractivity contribution in [2.75, 3.05) is 18.6 Å². The molecule has 1 aromatic carbocycles. The van der Waals surface area contributed by atoms with Gasteiger partial charge in [-0.05, 0) is 12.1 Å². The van der Waals surface area contributed by atoms with Crippen LogP contribution < -0.4 is 9.64 Å². The fourth-order valence-corrected chi connectivity index (χ4v) is 3.13. The van der Waals surface area contributed by atoms with Crippen LogP contribution in [0, 0.1) is 10.1 Å². The number of nitro groups is 1. The third kappa shape index (κ3) is 3.08. The van der Waals surface area contributed by atoms with Gasteiger partial charge in [-0.3, -0.25) is 14.9 Å². The van der Waals surface area contributed by atoms with Gasteiger partial charge in [0.25, 0.3) is 5.69 Å². The van der Waals surface area contributed by atoms with Gasteiger partial charge in [0, 0.05) is 23.6 Å². The summed E-state index contributed by atoms with van der Waals surface area (Å²) in [7, 11) is 2.70. The topological polar surface area (TPSA) is 107 Å². The zero-order chi connectivity index (χ0) is 15.8. The zero-order valence-corrected chi connectivity index (χ0v) is 12.4. The van der Waals surface area contributed by atoms with E-state index in [9.17, 15) is 23.3 Å². The maximum atomic E-state index is 11.9. The number of benzene rings is 1. The second-order valence-corrected chi connectivity index (χ2v) is 7.33. The molecule has 0 N–H and O–H groups in total.